The number of esters is 1. The van der Waals surface area contributed by atoms with Gasteiger partial charge in [0.15, 0.2) is 0 Å². The average Bonchev–Trinajstić information content (AvgIpc) is 2.89. The Bertz CT molecular complexity index is 1190. The van der Waals surface area contributed by atoms with E-state index in [0.717, 1.165) is 22.7 Å². The molecule has 0 amide bonds. The van der Waals surface area contributed by atoms with Crippen LogP contribution in [-0.2, 0) is 4.74 Å². The zero-order chi connectivity index (χ0) is 24.3. The summed E-state index contributed by atoms with van der Waals surface area (Å²) in [5, 5.41) is 11.9. The number of para-hydroxylation sites is 2. The monoisotopic (exact) mass is 454 g/mol. The van der Waals surface area contributed by atoms with Gasteiger partial charge in [0.1, 0.15) is 0 Å². The van der Waals surface area contributed by atoms with E-state index in [4.69, 9.17) is 5.11 Å². The van der Waals surface area contributed by atoms with E-state index < -0.39 is 5.97 Å². The topological polar surface area (TPSA) is 78.9 Å². The normalized spacial score (nSPS) is 9.82. The molecule has 0 aliphatic rings. The molecule has 6 nitrogen and oxygen atoms in total. The van der Waals surface area contributed by atoms with E-state index in [-0.39, 0.29) is 5.97 Å². The first-order valence-corrected chi connectivity index (χ1v) is 10.6. The van der Waals surface area contributed by atoms with Crippen molar-refractivity contribution in [1.29, 1.82) is 0 Å². The summed E-state index contributed by atoms with van der Waals surface area (Å²) in [6.45, 7) is 0. The molecule has 0 aromatic heterocycles. The predicted molar refractivity (Wildman–Crippen MR) is 135 cm³/mol. The first-order chi connectivity index (χ1) is 16.5. The number of nitrogens with zero attached hydrogens (tertiary/aromatic N) is 1. The van der Waals surface area contributed by atoms with Crippen molar-refractivity contribution in [2.24, 2.45) is 0 Å². The molecular formula is C28H26N2O4. The van der Waals surface area contributed by atoms with Gasteiger partial charge in [-0.05, 0) is 72.8 Å². The minimum atomic E-state index is -0.911. The van der Waals surface area contributed by atoms with Crippen LogP contribution in [0.15, 0.2) is 109 Å². The van der Waals surface area contributed by atoms with Gasteiger partial charge in [0.2, 0.25) is 0 Å². The Morgan fingerprint density at radius 2 is 1.15 bits per heavy atom. The second-order valence-electron chi connectivity index (χ2n) is 7.31. The highest BCUT2D eigenvalue weighted by molar-refractivity contribution is 5.90. The molecule has 0 unspecified atom stereocenters. The number of ether oxygens (including phenoxy) is 1. The number of methoxy groups -OCH3 is 1. The lowest BCUT2D eigenvalue weighted by Crippen LogP contribution is -2.09. The molecule has 0 fully saturated rings. The number of nitrogens with one attached hydrogen (secondary N) is 1. The van der Waals surface area contributed by atoms with Gasteiger partial charge in [-0.3, -0.25) is 0 Å². The Balaban J connectivity index is 0.000000192. The number of carboxylic acids is 1. The van der Waals surface area contributed by atoms with Gasteiger partial charge in [-0.15, -0.1) is 0 Å². The molecule has 2 N–H and O–H groups in total. The Morgan fingerprint density at radius 3 is 1.68 bits per heavy atom. The lowest BCUT2D eigenvalue weighted by atomic mass is 10.2. The molecule has 0 spiro atoms. The van der Waals surface area contributed by atoms with Gasteiger partial charge in [0.05, 0.1) is 18.2 Å². The number of hydrogen-bond donors (Lipinski definition) is 2. The smallest absolute Gasteiger partial charge is 0.337 e. The zero-order valence-corrected chi connectivity index (χ0v) is 19.0. The van der Waals surface area contributed by atoms with Gasteiger partial charge in [-0.2, -0.15) is 0 Å². The summed E-state index contributed by atoms with van der Waals surface area (Å²) in [4.78, 5) is 24.0. The van der Waals surface area contributed by atoms with Gasteiger partial charge < -0.3 is 20.1 Å². The minimum Gasteiger partial charge on any atom is -0.478 e. The molecule has 4 aromatic carbocycles. The molecule has 0 bridgehead atoms. The van der Waals surface area contributed by atoms with E-state index in [0.29, 0.717) is 11.1 Å². The van der Waals surface area contributed by atoms with Crippen molar-refractivity contribution in [3.05, 3.63) is 120 Å². The fraction of sp³-hybridized carbons (Fsp3) is 0.0714. The second-order valence-corrected chi connectivity index (χ2v) is 7.31. The Labute approximate surface area is 199 Å². The third kappa shape index (κ3) is 6.71. The van der Waals surface area contributed by atoms with Crippen molar-refractivity contribution in [2.45, 2.75) is 0 Å². The fourth-order valence-corrected chi connectivity index (χ4v) is 3.12. The van der Waals surface area contributed by atoms with Crippen LogP contribution in [0.4, 0.5) is 22.7 Å². The van der Waals surface area contributed by atoms with Crippen molar-refractivity contribution >= 4 is 34.7 Å². The van der Waals surface area contributed by atoms with E-state index in [9.17, 15) is 9.59 Å². The maximum atomic E-state index is 11.3. The summed E-state index contributed by atoms with van der Waals surface area (Å²) in [6.07, 6.45) is 0. The summed E-state index contributed by atoms with van der Waals surface area (Å²) in [5.41, 5.74) is 4.82. The van der Waals surface area contributed by atoms with Crippen LogP contribution in [0.3, 0.4) is 0 Å². The van der Waals surface area contributed by atoms with E-state index in [2.05, 4.69) is 15.0 Å². The Kier molecular flexibility index (Phi) is 8.41. The number of carboxylic acid groups (broad SMARTS) is 1. The Morgan fingerprint density at radius 1 is 0.676 bits per heavy atom. The molecule has 0 radical (unpaired) electrons. The molecule has 4 aromatic rings. The fourth-order valence-electron chi connectivity index (χ4n) is 3.12. The number of aromatic carboxylic acids is 1. The molecule has 6 heteroatoms. The first kappa shape index (κ1) is 24.1. The van der Waals surface area contributed by atoms with Crippen molar-refractivity contribution in [1.82, 2.24) is 0 Å². The lowest BCUT2D eigenvalue weighted by Gasteiger charge is -2.19. The standard InChI is InChI=1S/C15H15NO2.C13H11NO2/c1-16(13-6-4-3-5-7-13)14-10-8-12(9-11-14)15(17)18-2;15-13(16)10-6-8-12(9-7-10)14-11-4-2-1-3-5-11/h3-11H,1-2H3;1-9,14H,(H,15,16). The van der Waals surface area contributed by atoms with Crippen LogP contribution in [-0.4, -0.2) is 31.2 Å². The maximum Gasteiger partial charge on any atom is 0.337 e. The van der Waals surface area contributed by atoms with Crippen LogP contribution in [0.1, 0.15) is 20.7 Å². The predicted octanol–water partition coefficient (Wildman–Crippen LogP) is 6.37. The lowest BCUT2D eigenvalue weighted by molar-refractivity contribution is 0.0600. The van der Waals surface area contributed by atoms with E-state index in [1.54, 1.807) is 36.4 Å². The van der Waals surface area contributed by atoms with Gasteiger partial charge >= 0.3 is 11.9 Å². The highest BCUT2D eigenvalue weighted by Gasteiger charge is 2.07. The number of carbonyl (C=O) groups is 2. The van der Waals surface area contributed by atoms with Crippen LogP contribution >= 0.6 is 0 Å². The summed E-state index contributed by atoms with van der Waals surface area (Å²) in [6, 6.07) is 33.7. The summed E-state index contributed by atoms with van der Waals surface area (Å²) in [7, 11) is 3.37. The molecule has 0 saturated heterocycles. The van der Waals surface area contributed by atoms with Gasteiger partial charge in [-0.25, -0.2) is 9.59 Å². The number of carbonyl (C=O) groups excluding carboxylic acids is 1. The third-order valence-electron chi connectivity index (χ3n) is 5.01. The average molecular weight is 455 g/mol. The summed E-state index contributed by atoms with van der Waals surface area (Å²) >= 11 is 0. The zero-order valence-electron chi connectivity index (χ0n) is 19.0. The van der Waals surface area contributed by atoms with E-state index >= 15 is 0 Å². The molecule has 0 aliphatic carbocycles. The van der Waals surface area contributed by atoms with Gasteiger partial charge in [0, 0.05) is 29.8 Å². The molecular weight excluding hydrogens is 428 g/mol. The van der Waals surface area contributed by atoms with E-state index in [1.807, 2.05) is 79.8 Å². The van der Waals surface area contributed by atoms with Crippen molar-refractivity contribution in [2.75, 3.05) is 24.4 Å². The van der Waals surface area contributed by atoms with Crippen molar-refractivity contribution in [3.8, 4) is 0 Å². The summed E-state index contributed by atoms with van der Waals surface area (Å²) in [5.74, 6) is -1.23. The van der Waals surface area contributed by atoms with Crippen LogP contribution in [0.5, 0.6) is 0 Å². The second kappa shape index (κ2) is 11.9. The number of anilines is 4. The molecule has 0 heterocycles. The van der Waals surface area contributed by atoms with E-state index in [1.165, 1.54) is 7.11 Å². The quantitative estimate of drug-likeness (QED) is 0.330. The largest absolute Gasteiger partial charge is 0.478 e. The number of hydrogen-bond acceptors (Lipinski definition) is 5. The molecule has 0 aliphatic heterocycles. The molecule has 0 saturated carbocycles. The van der Waals surface area contributed by atoms with Crippen molar-refractivity contribution < 1.29 is 19.4 Å². The molecule has 34 heavy (non-hydrogen) atoms. The van der Waals surface area contributed by atoms with Crippen LogP contribution in [0, 0.1) is 0 Å². The maximum absolute atomic E-state index is 11.3. The Hall–Kier alpha value is -4.58. The van der Waals surface area contributed by atoms with Crippen molar-refractivity contribution in [3.63, 3.8) is 0 Å². The SMILES string of the molecule is COC(=O)c1ccc(N(C)c2ccccc2)cc1.O=C(O)c1ccc(Nc2ccccc2)cc1. The minimum absolute atomic E-state index is 0.290. The van der Waals surface area contributed by atoms with Crippen LogP contribution in [0.25, 0.3) is 0 Å². The first-order valence-electron chi connectivity index (χ1n) is 10.6. The number of benzene rings is 4. The highest BCUT2D eigenvalue weighted by atomic mass is 16.5. The van der Waals surface area contributed by atoms with Gasteiger partial charge in [0.25, 0.3) is 0 Å². The van der Waals surface area contributed by atoms with Crippen LogP contribution in [0.2, 0.25) is 0 Å². The summed E-state index contributed by atoms with van der Waals surface area (Å²) < 4.78 is 4.67. The molecule has 0 atom stereocenters. The highest BCUT2D eigenvalue weighted by Crippen LogP contribution is 2.23. The number of rotatable bonds is 6. The molecule has 172 valence electrons. The molecule has 4 rings (SSSR count). The van der Waals surface area contributed by atoms with Crippen LogP contribution < -0.4 is 10.2 Å². The van der Waals surface area contributed by atoms with Gasteiger partial charge in [-0.1, -0.05) is 36.4 Å². The third-order valence-corrected chi connectivity index (χ3v) is 5.01.